The molecule has 0 spiro atoms. The Balaban J connectivity index is 1.35. The van der Waals surface area contributed by atoms with Crippen molar-refractivity contribution in [3.63, 3.8) is 0 Å². The van der Waals surface area contributed by atoms with Crippen molar-refractivity contribution >= 4 is 34.5 Å². The lowest BCUT2D eigenvalue weighted by Gasteiger charge is -2.36. The third-order valence-electron chi connectivity index (χ3n) is 4.36. The number of esters is 1. The number of carbonyl (C=O) groups is 1. The van der Waals surface area contributed by atoms with Crippen LogP contribution >= 0.6 is 22.7 Å². The second kappa shape index (κ2) is 8.38. The summed E-state index contributed by atoms with van der Waals surface area (Å²) in [5.74, 6) is 0.451. The topological polar surface area (TPSA) is 64.6 Å². The van der Waals surface area contributed by atoms with Gasteiger partial charge in [-0.3, -0.25) is 0 Å². The highest BCUT2D eigenvalue weighted by atomic mass is 32.1. The molecular weight excluding hydrogens is 394 g/mol. The van der Waals surface area contributed by atoms with E-state index in [1.54, 1.807) is 34.9 Å². The lowest BCUT2D eigenvalue weighted by molar-refractivity contribution is -0.00547. The molecule has 2 atom stereocenters. The highest BCUT2D eigenvalue weighted by Gasteiger charge is 2.23. The Hall–Kier alpha value is -2.29. The molecule has 1 aliphatic rings. The Morgan fingerprint density at radius 1 is 1.25 bits per heavy atom. The van der Waals surface area contributed by atoms with E-state index in [-0.39, 0.29) is 18.8 Å². The Bertz CT molecular complexity index is 915. The van der Waals surface area contributed by atoms with Crippen LogP contribution in [0.5, 0.6) is 0 Å². The Kier molecular flexibility index (Phi) is 5.70. The molecule has 3 aromatic heterocycles. The number of ether oxygens (including phenoxy) is 2. The van der Waals surface area contributed by atoms with Gasteiger partial charge < -0.3 is 14.4 Å². The molecule has 146 valence electrons. The van der Waals surface area contributed by atoms with Gasteiger partial charge in [-0.25, -0.2) is 14.8 Å². The molecule has 0 aliphatic carbocycles. The zero-order valence-electron chi connectivity index (χ0n) is 15.7. The van der Waals surface area contributed by atoms with Crippen LogP contribution in [0.4, 0.5) is 5.82 Å². The van der Waals surface area contributed by atoms with Crippen LogP contribution in [-0.4, -0.2) is 41.2 Å². The maximum Gasteiger partial charge on any atom is 0.340 e. The number of aromatic nitrogens is 2. The quantitative estimate of drug-likeness (QED) is 0.581. The van der Waals surface area contributed by atoms with Gasteiger partial charge >= 0.3 is 5.97 Å². The number of nitrogens with zero attached hydrogens (tertiary/aromatic N) is 3. The molecule has 28 heavy (non-hydrogen) atoms. The van der Waals surface area contributed by atoms with E-state index in [1.807, 2.05) is 29.0 Å². The number of thiazole rings is 1. The van der Waals surface area contributed by atoms with Gasteiger partial charge in [-0.05, 0) is 37.4 Å². The summed E-state index contributed by atoms with van der Waals surface area (Å²) in [4.78, 5) is 24.6. The summed E-state index contributed by atoms with van der Waals surface area (Å²) >= 11 is 3.20. The van der Waals surface area contributed by atoms with Gasteiger partial charge in [-0.2, -0.15) is 0 Å². The normalized spacial score (nSPS) is 19.6. The van der Waals surface area contributed by atoms with Crippen LogP contribution in [0.2, 0.25) is 0 Å². The molecule has 0 amide bonds. The lowest BCUT2D eigenvalue weighted by atomic mass is 10.2. The average Bonchev–Trinajstić information content (AvgIpc) is 3.37. The molecule has 0 N–H and O–H groups in total. The first kappa shape index (κ1) is 19.0. The third kappa shape index (κ3) is 4.40. The monoisotopic (exact) mass is 415 g/mol. The van der Waals surface area contributed by atoms with Crippen LogP contribution in [0.3, 0.4) is 0 Å². The minimum atomic E-state index is -0.395. The summed E-state index contributed by atoms with van der Waals surface area (Å²) < 4.78 is 11.2. The van der Waals surface area contributed by atoms with Crippen LogP contribution in [-0.2, 0) is 16.1 Å². The molecule has 0 aromatic carbocycles. The molecule has 6 nitrogen and oxygen atoms in total. The van der Waals surface area contributed by atoms with Crippen molar-refractivity contribution in [1.82, 2.24) is 9.97 Å². The van der Waals surface area contributed by atoms with Crippen molar-refractivity contribution in [2.75, 3.05) is 18.0 Å². The van der Waals surface area contributed by atoms with E-state index in [1.165, 1.54) is 0 Å². The number of morpholine rings is 1. The largest absolute Gasteiger partial charge is 0.456 e. The fourth-order valence-electron chi connectivity index (χ4n) is 3.17. The average molecular weight is 416 g/mol. The van der Waals surface area contributed by atoms with E-state index in [0.717, 1.165) is 34.5 Å². The summed E-state index contributed by atoms with van der Waals surface area (Å²) in [6, 6.07) is 7.64. The molecule has 3 aromatic rings. The van der Waals surface area contributed by atoms with Gasteiger partial charge in [-0.1, -0.05) is 6.07 Å². The standard InChI is InChI=1S/C20H21N3O3S2/c1-13-9-23(10-14(2)26-13)18-6-5-15(8-21-18)20(24)25-11-16-12-28-19(22-16)17-4-3-7-27-17/h3-8,12-14H,9-11H2,1-2H3. The van der Waals surface area contributed by atoms with E-state index >= 15 is 0 Å². The summed E-state index contributed by atoms with van der Waals surface area (Å²) in [6.45, 7) is 5.84. The Morgan fingerprint density at radius 3 is 2.75 bits per heavy atom. The highest BCUT2D eigenvalue weighted by Crippen LogP contribution is 2.28. The van der Waals surface area contributed by atoms with Crippen molar-refractivity contribution in [3.05, 3.63) is 52.5 Å². The second-order valence-electron chi connectivity index (χ2n) is 6.76. The predicted octanol–water partition coefficient (Wildman–Crippen LogP) is 4.24. The number of thiophene rings is 1. The van der Waals surface area contributed by atoms with Crippen LogP contribution in [0.25, 0.3) is 9.88 Å². The van der Waals surface area contributed by atoms with E-state index in [9.17, 15) is 4.79 Å². The molecule has 8 heteroatoms. The minimum Gasteiger partial charge on any atom is -0.456 e. The maximum absolute atomic E-state index is 12.3. The number of hydrogen-bond donors (Lipinski definition) is 0. The lowest BCUT2D eigenvalue weighted by Crippen LogP contribution is -2.45. The number of hydrogen-bond acceptors (Lipinski definition) is 8. The molecule has 2 unspecified atom stereocenters. The third-order valence-corrected chi connectivity index (χ3v) is 6.29. The fraction of sp³-hybridized carbons (Fsp3) is 0.350. The first-order valence-electron chi connectivity index (χ1n) is 9.10. The van der Waals surface area contributed by atoms with E-state index < -0.39 is 5.97 Å². The van der Waals surface area contributed by atoms with Gasteiger partial charge in [0.25, 0.3) is 0 Å². The first-order valence-corrected chi connectivity index (χ1v) is 10.9. The molecular formula is C20H21N3O3S2. The van der Waals surface area contributed by atoms with Crippen molar-refractivity contribution < 1.29 is 14.3 Å². The van der Waals surface area contributed by atoms with E-state index in [0.29, 0.717) is 5.56 Å². The number of rotatable bonds is 5. The Labute approximate surface area is 171 Å². The highest BCUT2D eigenvalue weighted by molar-refractivity contribution is 7.20. The van der Waals surface area contributed by atoms with Gasteiger partial charge in [0, 0.05) is 24.7 Å². The summed E-state index contributed by atoms with van der Waals surface area (Å²) in [5, 5.41) is 4.89. The first-order chi connectivity index (χ1) is 13.6. The van der Waals surface area contributed by atoms with Gasteiger partial charge in [-0.15, -0.1) is 22.7 Å². The molecule has 1 fully saturated rings. The molecule has 1 saturated heterocycles. The van der Waals surface area contributed by atoms with Crippen LogP contribution < -0.4 is 4.90 Å². The molecule has 0 radical (unpaired) electrons. The van der Waals surface area contributed by atoms with Crippen LogP contribution in [0, 0.1) is 0 Å². The maximum atomic E-state index is 12.3. The predicted molar refractivity (Wildman–Crippen MR) is 111 cm³/mol. The molecule has 4 heterocycles. The molecule has 0 bridgehead atoms. The molecule has 1 aliphatic heterocycles. The van der Waals surface area contributed by atoms with E-state index in [2.05, 4.69) is 28.7 Å². The van der Waals surface area contributed by atoms with Crippen molar-refractivity contribution in [3.8, 4) is 9.88 Å². The number of pyridine rings is 1. The van der Waals surface area contributed by atoms with Crippen molar-refractivity contribution in [1.29, 1.82) is 0 Å². The summed E-state index contributed by atoms with van der Waals surface area (Å²) in [7, 11) is 0. The minimum absolute atomic E-state index is 0.154. The van der Waals surface area contributed by atoms with Gasteiger partial charge in [0.2, 0.25) is 0 Å². The van der Waals surface area contributed by atoms with Gasteiger partial charge in [0.1, 0.15) is 17.4 Å². The zero-order valence-corrected chi connectivity index (χ0v) is 17.3. The van der Waals surface area contributed by atoms with Crippen LogP contribution in [0.15, 0.2) is 41.2 Å². The number of anilines is 1. The smallest absolute Gasteiger partial charge is 0.340 e. The Morgan fingerprint density at radius 2 is 2.07 bits per heavy atom. The zero-order chi connectivity index (χ0) is 19.5. The molecule has 4 rings (SSSR count). The summed E-state index contributed by atoms with van der Waals surface area (Å²) in [5.41, 5.74) is 1.19. The van der Waals surface area contributed by atoms with E-state index in [4.69, 9.17) is 9.47 Å². The molecule has 0 saturated carbocycles. The van der Waals surface area contributed by atoms with Gasteiger partial charge in [0.05, 0.1) is 28.3 Å². The fourth-order valence-corrected chi connectivity index (χ4v) is 4.79. The SMILES string of the molecule is CC1CN(c2ccc(C(=O)OCc3csc(-c4cccs4)n3)cn2)CC(C)O1. The second-order valence-corrected chi connectivity index (χ2v) is 8.57. The van der Waals surface area contributed by atoms with Gasteiger partial charge in [0.15, 0.2) is 0 Å². The number of carbonyl (C=O) groups excluding carboxylic acids is 1. The van der Waals surface area contributed by atoms with Crippen molar-refractivity contribution in [2.24, 2.45) is 0 Å². The van der Waals surface area contributed by atoms with Crippen molar-refractivity contribution in [2.45, 2.75) is 32.7 Å². The van der Waals surface area contributed by atoms with Crippen LogP contribution in [0.1, 0.15) is 29.9 Å². The summed E-state index contributed by atoms with van der Waals surface area (Å²) in [6.07, 6.45) is 1.89.